The van der Waals surface area contributed by atoms with Crippen LogP contribution in [0.25, 0.3) is 0 Å². The second-order valence-electron chi connectivity index (χ2n) is 4.75. The van der Waals surface area contributed by atoms with E-state index in [2.05, 4.69) is 4.98 Å². The van der Waals surface area contributed by atoms with Gasteiger partial charge in [-0.1, -0.05) is 6.07 Å². The summed E-state index contributed by atoms with van der Waals surface area (Å²) in [6, 6.07) is 8.14. The Balaban J connectivity index is 2.17. The van der Waals surface area contributed by atoms with Crippen LogP contribution in [0.4, 0.5) is 15.8 Å². The Morgan fingerprint density at radius 1 is 1.38 bits per heavy atom. The van der Waals surface area contributed by atoms with E-state index in [1.54, 1.807) is 18.1 Å². The molecule has 0 unspecified atom stereocenters. The highest BCUT2D eigenvalue weighted by atomic mass is 19.1. The molecule has 0 aliphatic rings. The SMILES string of the molecule is CN(CCc1ccccn1)c1cc(C(N)=O)c(N)cc1F. The number of anilines is 2. The number of nitrogens with two attached hydrogens (primary N) is 2. The number of hydrogen-bond acceptors (Lipinski definition) is 4. The third-order valence-electron chi connectivity index (χ3n) is 3.23. The molecule has 2 aromatic rings. The highest BCUT2D eigenvalue weighted by Gasteiger charge is 2.14. The lowest BCUT2D eigenvalue weighted by Crippen LogP contribution is -2.23. The highest BCUT2D eigenvalue weighted by molar-refractivity contribution is 5.99. The normalized spacial score (nSPS) is 10.4. The van der Waals surface area contributed by atoms with Crippen LogP contribution >= 0.6 is 0 Å². The van der Waals surface area contributed by atoms with Crippen molar-refractivity contribution < 1.29 is 9.18 Å². The van der Waals surface area contributed by atoms with Gasteiger partial charge in [0, 0.05) is 37.6 Å². The van der Waals surface area contributed by atoms with Gasteiger partial charge in [0.25, 0.3) is 5.91 Å². The predicted molar refractivity (Wildman–Crippen MR) is 80.5 cm³/mol. The molecule has 0 fully saturated rings. The molecule has 110 valence electrons. The molecule has 0 saturated heterocycles. The van der Waals surface area contributed by atoms with Crippen molar-refractivity contribution in [3.05, 3.63) is 53.6 Å². The van der Waals surface area contributed by atoms with Crippen LogP contribution in [-0.4, -0.2) is 24.5 Å². The maximum atomic E-state index is 14.0. The van der Waals surface area contributed by atoms with Gasteiger partial charge in [0.15, 0.2) is 0 Å². The second-order valence-corrected chi connectivity index (χ2v) is 4.75. The molecule has 0 atom stereocenters. The highest BCUT2D eigenvalue weighted by Crippen LogP contribution is 2.24. The van der Waals surface area contributed by atoms with Crippen LogP contribution in [0.1, 0.15) is 16.1 Å². The van der Waals surface area contributed by atoms with Crippen LogP contribution in [-0.2, 0) is 6.42 Å². The van der Waals surface area contributed by atoms with Gasteiger partial charge in [-0.3, -0.25) is 9.78 Å². The van der Waals surface area contributed by atoms with Gasteiger partial charge < -0.3 is 16.4 Å². The van der Waals surface area contributed by atoms with Crippen molar-refractivity contribution in [2.75, 3.05) is 24.2 Å². The average molecular weight is 288 g/mol. The van der Waals surface area contributed by atoms with E-state index in [1.807, 2.05) is 18.2 Å². The zero-order valence-corrected chi connectivity index (χ0v) is 11.7. The zero-order chi connectivity index (χ0) is 15.4. The fraction of sp³-hybridized carbons (Fsp3) is 0.200. The molecule has 0 aliphatic heterocycles. The first-order valence-corrected chi connectivity index (χ1v) is 6.49. The molecule has 1 aromatic carbocycles. The van der Waals surface area contributed by atoms with Crippen LogP contribution in [0.2, 0.25) is 0 Å². The predicted octanol–water partition coefficient (Wildman–Crippen LogP) is 1.58. The maximum absolute atomic E-state index is 14.0. The first-order chi connectivity index (χ1) is 9.99. The summed E-state index contributed by atoms with van der Waals surface area (Å²) < 4.78 is 14.0. The van der Waals surface area contributed by atoms with E-state index in [4.69, 9.17) is 11.5 Å². The van der Waals surface area contributed by atoms with Crippen molar-refractivity contribution in [3.8, 4) is 0 Å². The van der Waals surface area contributed by atoms with Gasteiger partial charge in [-0.15, -0.1) is 0 Å². The van der Waals surface area contributed by atoms with E-state index in [9.17, 15) is 9.18 Å². The molecule has 0 bridgehead atoms. The van der Waals surface area contributed by atoms with Crippen molar-refractivity contribution in [2.45, 2.75) is 6.42 Å². The fourth-order valence-corrected chi connectivity index (χ4v) is 2.03. The molecule has 1 aromatic heterocycles. The van der Waals surface area contributed by atoms with Gasteiger partial charge in [-0.2, -0.15) is 0 Å². The second kappa shape index (κ2) is 6.21. The minimum Gasteiger partial charge on any atom is -0.398 e. The Labute approximate surface area is 122 Å². The van der Waals surface area contributed by atoms with Crippen LogP contribution in [0.5, 0.6) is 0 Å². The molecule has 1 heterocycles. The quantitative estimate of drug-likeness (QED) is 0.818. The minimum atomic E-state index is -0.674. The van der Waals surface area contributed by atoms with Gasteiger partial charge in [0.2, 0.25) is 0 Å². The van der Waals surface area contributed by atoms with E-state index in [0.29, 0.717) is 13.0 Å². The number of rotatable bonds is 5. The van der Waals surface area contributed by atoms with E-state index in [-0.39, 0.29) is 16.9 Å². The average Bonchev–Trinajstić information content (AvgIpc) is 2.45. The number of carbonyl (C=O) groups is 1. The number of nitrogen functional groups attached to an aromatic ring is 1. The lowest BCUT2D eigenvalue weighted by molar-refractivity contribution is 0.100. The molecular formula is C15H17FN4O. The Morgan fingerprint density at radius 3 is 2.76 bits per heavy atom. The smallest absolute Gasteiger partial charge is 0.250 e. The van der Waals surface area contributed by atoms with Crippen LogP contribution < -0.4 is 16.4 Å². The number of halogens is 1. The van der Waals surface area contributed by atoms with E-state index >= 15 is 0 Å². The molecule has 0 radical (unpaired) electrons. The van der Waals surface area contributed by atoms with Crippen LogP contribution in [0.3, 0.4) is 0 Å². The lowest BCUT2D eigenvalue weighted by Gasteiger charge is -2.21. The Bertz CT molecular complexity index is 646. The minimum absolute atomic E-state index is 0.0434. The number of likely N-dealkylation sites (N-methyl/N-ethyl adjacent to an activating group) is 1. The monoisotopic (exact) mass is 288 g/mol. The molecular weight excluding hydrogens is 271 g/mol. The maximum Gasteiger partial charge on any atom is 0.250 e. The molecule has 0 spiro atoms. The molecule has 6 heteroatoms. The van der Waals surface area contributed by atoms with Gasteiger partial charge >= 0.3 is 0 Å². The first kappa shape index (κ1) is 14.8. The zero-order valence-electron chi connectivity index (χ0n) is 11.7. The van der Waals surface area contributed by atoms with Gasteiger partial charge in [-0.25, -0.2) is 4.39 Å². The summed E-state index contributed by atoms with van der Waals surface area (Å²) >= 11 is 0. The number of amides is 1. The molecule has 4 N–H and O–H groups in total. The largest absolute Gasteiger partial charge is 0.398 e. The van der Waals surface area contributed by atoms with E-state index in [1.165, 1.54) is 6.07 Å². The molecule has 2 rings (SSSR count). The van der Waals surface area contributed by atoms with Gasteiger partial charge in [0.05, 0.1) is 11.3 Å². The van der Waals surface area contributed by atoms with Crippen molar-refractivity contribution in [3.63, 3.8) is 0 Å². The van der Waals surface area contributed by atoms with Crippen LogP contribution in [0.15, 0.2) is 36.5 Å². The summed E-state index contributed by atoms with van der Waals surface area (Å²) in [5, 5.41) is 0. The summed E-state index contributed by atoms with van der Waals surface area (Å²) in [5.41, 5.74) is 12.2. The molecule has 0 saturated carbocycles. The van der Waals surface area contributed by atoms with Crippen molar-refractivity contribution in [2.24, 2.45) is 5.73 Å². The van der Waals surface area contributed by atoms with Crippen LogP contribution in [0, 0.1) is 5.82 Å². The molecule has 0 aliphatic carbocycles. The Morgan fingerprint density at radius 2 is 2.14 bits per heavy atom. The van der Waals surface area contributed by atoms with E-state index < -0.39 is 11.7 Å². The molecule has 1 amide bonds. The summed E-state index contributed by atoms with van der Waals surface area (Å²) in [6.45, 7) is 0.552. The number of nitrogens with zero attached hydrogens (tertiary/aromatic N) is 2. The number of benzene rings is 1. The Hall–Kier alpha value is -2.63. The third-order valence-corrected chi connectivity index (χ3v) is 3.23. The van der Waals surface area contributed by atoms with Gasteiger partial charge in [0.1, 0.15) is 5.82 Å². The van der Waals surface area contributed by atoms with E-state index in [0.717, 1.165) is 11.8 Å². The third kappa shape index (κ3) is 3.47. The Kier molecular flexibility index (Phi) is 4.37. The number of carbonyl (C=O) groups excluding carboxylic acids is 1. The number of pyridine rings is 1. The van der Waals surface area contributed by atoms with Crippen molar-refractivity contribution in [1.29, 1.82) is 0 Å². The number of primary amides is 1. The topological polar surface area (TPSA) is 85.2 Å². The lowest BCUT2D eigenvalue weighted by atomic mass is 10.1. The number of aromatic nitrogens is 1. The van der Waals surface area contributed by atoms with Gasteiger partial charge in [-0.05, 0) is 24.3 Å². The summed E-state index contributed by atoms with van der Waals surface area (Å²) in [4.78, 5) is 17.2. The number of hydrogen-bond donors (Lipinski definition) is 2. The molecule has 5 nitrogen and oxygen atoms in total. The van der Waals surface area contributed by atoms with Crippen molar-refractivity contribution in [1.82, 2.24) is 4.98 Å². The van der Waals surface area contributed by atoms with Crippen molar-refractivity contribution >= 4 is 17.3 Å². The summed E-state index contributed by atoms with van der Waals surface area (Å²) in [5.74, 6) is -1.16. The summed E-state index contributed by atoms with van der Waals surface area (Å²) in [7, 11) is 1.74. The summed E-state index contributed by atoms with van der Waals surface area (Å²) in [6.07, 6.45) is 2.37. The first-order valence-electron chi connectivity index (χ1n) is 6.49. The molecule has 21 heavy (non-hydrogen) atoms. The fourth-order valence-electron chi connectivity index (χ4n) is 2.03. The standard InChI is InChI=1S/C15H17FN4O/c1-20(7-5-10-4-2-3-6-19-10)14-8-11(15(18)21)13(17)9-12(14)16/h2-4,6,8-9H,5,7,17H2,1H3,(H2,18,21).